The molecule has 0 saturated heterocycles. The molecule has 0 aromatic heterocycles. The van der Waals surface area contributed by atoms with Gasteiger partial charge in [-0.25, -0.2) is 0 Å². The van der Waals surface area contributed by atoms with Crippen molar-refractivity contribution in [2.24, 2.45) is 10.2 Å². The molecule has 0 saturated carbocycles. The molecule has 86 valence electrons. The summed E-state index contributed by atoms with van der Waals surface area (Å²) in [5, 5.41) is 8.31. The minimum atomic E-state index is 0.694. The van der Waals surface area contributed by atoms with Crippen molar-refractivity contribution in [3.05, 3.63) is 53.0 Å². The molecule has 0 atom stereocenters. The van der Waals surface area contributed by atoms with Gasteiger partial charge in [0.2, 0.25) is 0 Å². The summed E-state index contributed by atoms with van der Waals surface area (Å²) in [5.74, 6) is 0.694. The van der Waals surface area contributed by atoms with Crippen LogP contribution in [0.4, 0.5) is 11.4 Å². The van der Waals surface area contributed by atoms with Crippen LogP contribution in [0, 0.1) is 0 Å². The summed E-state index contributed by atoms with van der Waals surface area (Å²) >= 11 is 3.38. The third kappa shape index (κ3) is 3.14. The molecule has 0 aliphatic rings. The Balaban J connectivity index is 2.27. The lowest BCUT2D eigenvalue weighted by atomic mass is 10.3. The second-order valence-corrected chi connectivity index (χ2v) is 4.27. The van der Waals surface area contributed by atoms with Crippen LogP contribution >= 0.6 is 15.9 Å². The van der Waals surface area contributed by atoms with Gasteiger partial charge in [-0.2, -0.15) is 5.11 Å². The molecule has 2 aromatic carbocycles. The maximum Gasteiger partial charge on any atom is 0.147 e. The number of methoxy groups -OCH3 is 1. The maximum atomic E-state index is 5.23. The van der Waals surface area contributed by atoms with E-state index in [1.54, 1.807) is 7.11 Å². The lowest BCUT2D eigenvalue weighted by molar-refractivity contribution is 0.415. The van der Waals surface area contributed by atoms with Gasteiger partial charge in [0.15, 0.2) is 0 Å². The Kier molecular flexibility index (Phi) is 3.88. The topological polar surface area (TPSA) is 34.0 Å². The molecule has 0 amide bonds. The molecule has 0 bridgehead atoms. The van der Waals surface area contributed by atoms with Gasteiger partial charge < -0.3 is 4.74 Å². The predicted octanol–water partition coefficient (Wildman–Crippen LogP) is 4.87. The van der Waals surface area contributed by atoms with Crippen LogP contribution in [0.5, 0.6) is 5.75 Å². The highest BCUT2D eigenvalue weighted by molar-refractivity contribution is 9.10. The highest BCUT2D eigenvalue weighted by Crippen LogP contribution is 2.31. The molecule has 0 aliphatic heterocycles. The van der Waals surface area contributed by atoms with Gasteiger partial charge in [0.05, 0.1) is 12.8 Å². The largest absolute Gasteiger partial charge is 0.494 e. The summed E-state index contributed by atoms with van der Waals surface area (Å²) in [7, 11) is 1.61. The summed E-state index contributed by atoms with van der Waals surface area (Å²) < 4.78 is 6.18. The smallest absolute Gasteiger partial charge is 0.147 e. The van der Waals surface area contributed by atoms with Crippen LogP contribution in [0.25, 0.3) is 0 Å². The van der Waals surface area contributed by atoms with E-state index >= 15 is 0 Å². The molecular weight excluding hydrogens is 280 g/mol. The van der Waals surface area contributed by atoms with E-state index in [4.69, 9.17) is 4.74 Å². The van der Waals surface area contributed by atoms with Crippen LogP contribution in [0.1, 0.15) is 0 Å². The van der Waals surface area contributed by atoms with Crippen molar-refractivity contribution in [2.75, 3.05) is 7.11 Å². The van der Waals surface area contributed by atoms with Gasteiger partial charge in [0, 0.05) is 4.47 Å². The quantitative estimate of drug-likeness (QED) is 0.742. The second-order valence-electron chi connectivity index (χ2n) is 3.35. The maximum absolute atomic E-state index is 5.23. The van der Waals surface area contributed by atoms with Crippen molar-refractivity contribution in [2.45, 2.75) is 0 Å². The van der Waals surface area contributed by atoms with Gasteiger partial charge in [-0.1, -0.05) is 34.1 Å². The van der Waals surface area contributed by atoms with Crippen molar-refractivity contribution in [3.63, 3.8) is 0 Å². The van der Waals surface area contributed by atoms with E-state index in [0.29, 0.717) is 11.4 Å². The Morgan fingerprint density at radius 2 is 1.76 bits per heavy atom. The summed E-state index contributed by atoms with van der Waals surface area (Å²) in [4.78, 5) is 0. The summed E-state index contributed by atoms with van der Waals surface area (Å²) in [5.41, 5.74) is 1.53. The summed E-state index contributed by atoms with van der Waals surface area (Å²) in [6.45, 7) is 0. The van der Waals surface area contributed by atoms with E-state index < -0.39 is 0 Å². The zero-order chi connectivity index (χ0) is 12.1. The molecule has 4 heteroatoms. The first kappa shape index (κ1) is 11.8. The summed E-state index contributed by atoms with van der Waals surface area (Å²) in [6, 6.07) is 15.2. The number of halogens is 1. The number of nitrogens with zero attached hydrogens (tertiary/aromatic N) is 2. The number of ether oxygens (including phenoxy) is 1. The van der Waals surface area contributed by atoms with Gasteiger partial charge in [-0.05, 0) is 30.3 Å². The van der Waals surface area contributed by atoms with E-state index in [-0.39, 0.29) is 0 Å². The average molecular weight is 291 g/mol. The zero-order valence-electron chi connectivity index (χ0n) is 9.30. The van der Waals surface area contributed by atoms with Gasteiger partial charge in [0.1, 0.15) is 11.4 Å². The van der Waals surface area contributed by atoms with E-state index in [0.717, 1.165) is 10.2 Å². The number of hydrogen-bond donors (Lipinski definition) is 0. The number of hydrogen-bond acceptors (Lipinski definition) is 3. The Labute approximate surface area is 108 Å². The monoisotopic (exact) mass is 290 g/mol. The minimum absolute atomic E-state index is 0.694. The Hall–Kier alpha value is -1.68. The molecule has 0 fully saturated rings. The predicted molar refractivity (Wildman–Crippen MR) is 71.3 cm³/mol. The number of rotatable bonds is 3. The molecule has 2 aromatic rings. The van der Waals surface area contributed by atoms with Crippen molar-refractivity contribution < 1.29 is 4.74 Å². The van der Waals surface area contributed by atoms with Crippen LogP contribution in [0.2, 0.25) is 0 Å². The standard InChI is InChI=1S/C13H11BrN2O/c1-17-13-9-10(14)7-8-12(13)16-15-11-5-3-2-4-6-11/h2-9H,1H3. The molecule has 3 nitrogen and oxygen atoms in total. The van der Waals surface area contributed by atoms with Gasteiger partial charge >= 0.3 is 0 Å². The Morgan fingerprint density at radius 1 is 1.00 bits per heavy atom. The van der Waals surface area contributed by atoms with Crippen LogP contribution in [0.3, 0.4) is 0 Å². The van der Waals surface area contributed by atoms with Gasteiger partial charge in [0.25, 0.3) is 0 Å². The van der Waals surface area contributed by atoms with E-state index in [1.165, 1.54) is 0 Å². The molecule has 0 spiro atoms. The highest BCUT2D eigenvalue weighted by atomic mass is 79.9. The van der Waals surface area contributed by atoms with Crippen LogP contribution in [-0.2, 0) is 0 Å². The Bertz CT molecular complexity index is 526. The van der Waals surface area contributed by atoms with Gasteiger partial charge in [-0.3, -0.25) is 0 Å². The normalized spacial score (nSPS) is 10.7. The molecule has 0 radical (unpaired) electrons. The van der Waals surface area contributed by atoms with E-state index in [2.05, 4.69) is 26.2 Å². The first-order valence-corrected chi connectivity index (χ1v) is 5.89. The van der Waals surface area contributed by atoms with E-state index in [1.807, 2.05) is 48.5 Å². The molecular formula is C13H11BrN2O. The van der Waals surface area contributed by atoms with Crippen molar-refractivity contribution >= 4 is 27.3 Å². The fraction of sp³-hybridized carbons (Fsp3) is 0.0769. The third-order valence-electron chi connectivity index (χ3n) is 2.17. The fourth-order valence-corrected chi connectivity index (χ4v) is 1.68. The first-order chi connectivity index (χ1) is 8.29. The summed E-state index contributed by atoms with van der Waals surface area (Å²) in [6.07, 6.45) is 0. The third-order valence-corrected chi connectivity index (χ3v) is 2.66. The lowest BCUT2D eigenvalue weighted by Crippen LogP contribution is -1.82. The average Bonchev–Trinajstić information content (AvgIpc) is 2.38. The van der Waals surface area contributed by atoms with Crippen LogP contribution in [0.15, 0.2) is 63.2 Å². The van der Waals surface area contributed by atoms with Crippen molar-refractivity contribution in [1.82, 2.24) is 0 Å². The number of azo groups is 1. The second kappa shape index (κ2) is 5.59. The van der Waals surface area contributed by atoms with E-state index in [9.17, 15) is 0 Å². The molecule has 17 heavy (non-hydrogen) atoms. The number of benzene rings is 2. The molecule has 0 N–H and O–H groups in total. The van der Waals surface area contributed by atoms with Gasteiger partial charge in [-0.15, -0.1) is 5.11 Å². The molecule has 0 unspecified atom stereocenters. The first-order valence-electron chi connectivity index (χ1n) is 5.10. The fourth-order valence-electron chi connectivity index (χ4n) is 1.34. The van der Waals surface area contributed by atoms with Crippen LogP contribution in [-0.4, -0.2) is 7.11 Å². The van der Waals surface area contributed by atoms with Crippen molar-refractivity contribution in [1.29, 1.82) is 0 Å². The molecule has 2 rings (SSSR count). The Morgan fingerprint density at radius 3 is 2.47 bits per heavy atom. The van der Waals surface area contributed by atoms with Crippen molar-refractivity contribution in [3.8, 4) is 5.75 Å². The minimum Gasteiger partial charge on any atom is -0.494 e. The van der Waals surface area contributed by atoms with Crippen LogP contribution < -0.4 is 4.74 Å². The lowest BCUT2D eigenvalue weighted by Gasteiger charge is -2.03. The highest BCUT2D eigenvalue weighted by Gasteiger charge is 2.01. The molecule has 0 heterocycles. The zero-order valence-corrected chi connectivity index (χ0v) is 10.9. The SMILES string of the molecule is COc1cc(Br)ccc1N=Nc1ccccc1. The molecule has 0 aliphatic carbocycles.